The van der Waals surface area contributed by atoms with Crippen LogP contribution in [0, 0.1) is 11.3 Å². The number of carbonyl (C=O) groups excluding carboxylic acids is 1. The lowest BCUT2D eigenvalue weighted by Crippen LogP contribution is -2.56. The van der Waals surface area contributed by atoms with Crippen LogP contribution in [0.4, 0.5) is 0 Å². The third kappa shape index (κ3) is 3.47. The maximum atomic E-state index is 12.2. The van der Waals surface area contributed by atoms with E-state index in [0.717, 1.165) is 31.9 Å². The fourth-order valence-electron chi connectivity index (χ4n) is 2.13. The number of rotatable bonds is 3. The molecule has 0 saturated heterocycles. The predicted octanol–water partition coefficient (Wildman–Crippen LogP) is 1.54. The van der Waals surface area contributed by atoms with Gasteiger partial charge in [0.1, 0.15) is 10.3 Å². The molecule has 0 aliphatic heterocycles. The van der Waals surface area contributed by atoms with E-state index < -0.39 is 26.0 Å². The molecular formula is C13H22N2O3S. The lowest BCUT2D eigenvalue weighted by atomic mass is 9.91. The van der Waals surface area contributed by atoms with E-state index in [-0.39, 0.29) is 0 Å². The summed E-state index contributed by atoms with van der Waals surface area (Å²) in [7, 11) is -3.52. The van der Waals surface area contributed by atoms with Crippen LogP contribution in [0.2, 0.25) is 0 Å². The monoisotopic (exact) mass is 286 g/mol. The van der Waals surface area contributed by atoms with Gasteiger partial charge in [-0.2, -0.15) is 5.26 Å². The third-order valence-corrected chi connectivity index (χ3v) is 6.04. The van der Waals surface area contributed by atoms with Gasteiger partial charge in [-0.15, -0.1) is 0 Å². The average Bonchev–Trinajstić information content (AvgIpc) is 2.53. The zero-order valence-electron chi connectivity index (χ0n) is 11.8. The van der Waals surface area contributed by atoms with E-state index >= 15 is 0 Å². The normalized spacial score (nSPS) is 20.1. The molecule has 0 atom stereocenters. The lowest BCUT2D eigenvalue weighted by molar-refractivity contribution is -0.124. The molecule has 0 bridgehead atoms. The van der Waals surface area contributed by atoms with Crippen LogP contribution in [0.3, 0.4) is 0 Å². The lowest BCUT2D eigenvalue weighted by Gasteiger charge is -2.31. The third-order valence-electron chi connectivity index (χ3n) is 4.00. The van der Waals surface area contributed by atoms with Crippen molar-refractivity contribution in [3.05, 3.63) is 0 Å². The van der Waals surface area contributed by atoms with E-state index in [4.69, 9.17) is 0 Å². The van der Waals surface area contributed by atoms with Crippen LogP contribution in [0.15, 0.2) is 0 Å². The first-order valence-corrected chi connectivity index (χ1v) is 8.47. The number of sulfone groups is 1. The molecule has 1 fully saturated rings. The van der Waals surface area contributed by atoms with Crippen LogP contribution in [0.5, 0.6) is 0 Å². The highest BCUT2D eigenvalue weighted by atomic mass is 32.2. The number of hydrogen-bond donors (Lipinski definition) is 1. The minimum Gasteiger partial charge on any atom is -0.336 e. The SMILES string of the molecule is CC(C)(C(=O)NC1(C#N)CCCCCC1)S(C)(=O)=O. The highest BCUT2D eigenvalue weighted by Crippen LogP contribution is 2.28. The van der Waals surface area contributed by atoms with Crippen molar-refractivity contribution in [1.82, 2.24) is 5.32 Å². The van der Waals surface area contributed by atoms with Gasteiger partial charge in [-0.3, -0.25) is 4.79 Å². The van der Waals surface area contributed by atoms with Crippen molar-refractivity contribution in [1.29, 1.82) is 5.26 Å². The zero-order chi connectivity index (χ0) is 14.7. The van der Waals surface area contributed by atoms with Crippen molar-refractivity contribution in [2.45, 2.75) is 62.7 Å². The van der Waals surface area contributed by atoms with Gasteiger partial charge in [0.15, 0.2) is 9.84 Å². The van der Waals surface area contributed by atoms with Gasteiger partial charge in [-0.25, -0.2) is 8.42 Å². The summed E-state index contributed by atoms with van der Waals surface area (Å²) in [6.07, 6.45) is 6.09. The molecule has 19 heavy (non-hydrogen) atoms. The van der Waals surface area contributed by atoms with Gasteiger partial charge in [-0.1, -0.05) is 25.7 Å². The first-order chi connectivity index (χ1) is 8.65. The first kappa shape index (κ1) is 16.0. The Morgan fingerprint density at radius 3 is 2.05 bits per heavy atom. The molecule has 5 nitrogen and oxygen atoms in total. The van der Waals surface area contributed by atoms with Gasteiger partial charge in [0.25, 0.3) is 0 Å². The molecular weight excluding hydrogens is 264 g/mol. The summed E-state index contributed by atoms with van der Waals surface area (Å²) in [5.41, 5.74) is -0.907. The summed E-state index contributed by atoms with van der Waals surface area (Å²) >= 11 is 0. The second-order valence-electron chi connectivity index (χ2n) is 5.84. The van der Waals surface area contributed by atoms with Gasteiger partial charge in [-0.05, 0) is 26.7 Å². The quantitative estimate of drug-likeness (QED) is 0.797. The molecule has 1 aliphatic rings. The van der Waals surface area contributed by atoms with Gasteiger partial charge >= 0.3 is 0 Å². The number of nitrogens with one attached hydrogen (secondary N) is 1. The summed E-state index contributed by atoms with van der Waals surface area (Å²) in [4.78, 5) is 12.2. The van der Waals surface area contributed by atoms with Crippen molar-refractivity contribution in [3.8, 4) is 6.07 Å². The fourth-order valence-corrected chi connectivity index (χ4v) is 2.52. The molecule has 0 aromatic rings. The Bertz CT molecular complexity index is 481. The van der Waals surface area contributed by atoms with Gasteiger partial charge in [0.2, 0.25) is 5.91 Å². The topological polar surface area (TPSA) is 87.0 Å². The smallest absolute Gasteiger partial charge is 0.242 e. The van der Waals surface area contributed by atoms with Crippen LogP contribution in [-0.2, 0) is 14.6 Å². The molecule has 0 radical (unpaired) electrons. The summed E-state index contributed by atoms with van der Waals surface area (Å²) in [6, 6.07) is 2.19. The Hall–Kier alpha value is -1.09. The maximum absolute atomic E-state index is 12.2. The first-order valence-electron chi connectivity index (χ1n) is 6.58. The summed E-state index contributed by atoms with van der Waals surface area (Å²) in [5, 5.41) is 12.1. The summed E-state index contributed by atoms with van der Waals surface area (Å²) in [6.45, 7) is 2.75. The maximum Gasteiger partial charge on any atom is 0.242 e. The van der Waals surface area contributed by atoms with Crippen LogP contribution in [0.25, 0.3) is 0 Å². The Morgan fingerprint density at radius 2 is 1.68 bits per heavy atom. The molecule has 0 spiro atoms. The minimum atomic E-state index is -3.52. The molecule has 0 aromatic carbocycles. The van der Waals surface area contributed by atoms with Crippen molar-refractivity contribution in [2.24, 2.45) is 0 Å². The van der Waals surface area contributed by atoms with Crippen molar-refractivity contribution in [2.75, 3.05) is 6.26 Å². The second-order valence-corrected chi connectivity index (χ2v) is 8.41. The number of amides is 1. The Balaban J connectivity index is 2.93. The molecule has 1 N–H and O–H groups in total. The summed E-state index contributed by atoms with van der Waals surface area (Å²) in [5.74, 6) is -0.585. The summed E-state index contributed by atoms with van der Waals surface area (Å²) < 4.78 is 21.8. The number of nitriles is 1. The molecule has 1 aliphatic carbocycles. The van der Waals surface area contributed by atoms with Gasteiger partial charge < -0.3 is 5.32 Å². The van der Waals surface area contributed by atoms with E-state index in [9.17, 15) is 18.5 Å². The fraction of sp³-hybridized carbons (Fsp3) is 0.846. The average molecular weight is 286 g/mol. The van der Waals surface area contributed by atoms with Crippen molar-refractivity contribution < 1.29 is 13.2 Å². The van der Waals surface area contributed by atoms with E-state index in [1.54, 1.807) is 0 Å². The van der Waals surface area contributed by atoms with Crippen LogP contribution in [0.1, 0.15) is 52.4 Å². The highest BCUT2D eigenvalue weighted by molar-refractivity contribution is 7.92. The molecule has 1 saturated carbocycles. The largest absolute Gasteiger partial charge is 0.336 e. The Kier molecular flexibility index (Phi) is 4.62. The Morgan fingerprint density at radius 1 is 1.21 bits per heavy atom. The molecule has 0 aromatic heterocycles. The van der Waals surface area contributed by atoms with E-state index in [1.165, 1.54) is 13.8 Å². The van der Waals surface area contributed by atoms with Crippen LogP contribution < -0.4 is 5.32 Å². The molecule has 0 heterocycles. The minimum absolute atomic E-state index is 0.585. The number of carbonyl (C=O) groups is 1. The second kappa shape index (κ2) is 5.49. The zero-order valence-corrected chi connectivity index (χ0v) is 12.6. The number of nitrogens with zero attached hydrogens (tertiary/aromatic N) is 1. The van der Waals surface area contributed by atoms with E-state index in [2.05, 4.69) is 11.4 Å². The van der Waals surface area contributed by atoms with Crippen LogP contribution >= 0.6 is 0 Å². The standard InChI is InChI=1S/C13H22N2O3S/c1-12(2,19(3,17)18)11(16)15-13(10-14)8-6-4-5-7-9-13/h4-9H2,1-3H3,(H,15,16). The molecule has 6 heteroatoms. The molecule has 1 amide bonds. The van der Waals surface area contributed by atoms with Gasteiger partial charge in [0, 0.05) is 6.26 Å². The van der Waals surface area contributed by atoms with Crippen LogP contribution in [-0.4, -0.2) is 30.9 Å². The number of hydrogen-bond acceptors (Lipinski definition) is 4. The highest BCUT2D eigenvalue weighted by Gasteiger charge is 2.43. The van der Waals surface area contributed by atoms with Crippen molar-refractivity contribution >= 4 is 15.7 Å². The molecule has 1 rings (SSSR count). The van der Waals surface area contributed by atoms with E-state index in [1.807, 2.05) is 0 Å². The Labute approximate surface area is 115 Å². The predicted molar refractivity (Wildman–Crippen MR) is 73.1 cm³/mol. The van der Waals surface area contributed by atoms with E-state index in [0.29, 0.717) is 12.8 Å². The van der Waals surface area contributed by atoms with Gasteiger partial charge in [0.05, 0.1) is 6.07 Å². The molecule has 108 valence electrons. The molecule has 0 unspecified atom stereocenters. The van der Waals surface area contributed by atoms with Crippen molar-refractivity contribution in [3.63, 3.8) is 0 Å².